The zero-order chi connectivity index (χ0) is 20.4. The first-order chi connectivity index (χ1) is 14.7. The first-order valence-electron chi connectivity index (χ1n) is 10.3. The normalized spacial score (nSPS) is 22.1. The summed E-state index contributed by atoms with van der Waals surface area (Å²) in [5.41, 5.74) is 0.556. The third-order valence-electron chi connectivity index (χ3n) is 6.00. The second kappa shape index (κ2) is 10.2. The lowest BCUT2D eigenvalue weighted by Crippen LogP contribution is -2.39. The number of carbonyl (C=O) groups excluding carboxylic acids is 1. The Labute approximate surface area is 199 Å². The smallest absolute Gasteiger partial charge is 0.416 e. The van der Waals surface area contributed by atoms with Gasteiger partial charge >= 0.3 is 6.09 Å². The van der Waals surface area contributed by atoms with Crippen LogP contribution in [-0.4, -0.2) is 44.5 Å². The molecule has 170 valence electrons. The molecule has 0 unspecified atom stereocenters. The molecule has 32 heavy (non-hydrogen) atoms. The Hall–Kier alpha value is -2.84. The first kappa shape index (κ1) is 23.8. The summed E-state index contributed by atoms with van der Waals surface area (Å²) in [5, 5.41) is 7.65. The number of hydrogen-bond donors (Lipinski definition) is 1. The van der Waals surface area contributed by atoms with E-state index in [4.69, 9.17) is 4.74 Å². The number of aromatic nitrogens is 4. The molecule has 3 aromatic heterocycles. The lowest BCUT2D eigenvalue weighted by molar-refractivity contribution is 0.0148. The van der Waals surface area contributed by atoms with Gasteiger partial charge in [0.25, 0.3) is 0 Å². The molecule has 1 saturated heterocycles. The predicted octanol–water partition coefficient (Wildman–Crippen LogP) is 4.50. The lowest BCUT2D eigenvalue weighted by atomic mass is 9.78. The number of nitrogens with one attached hydrogen (secondary N) is 1. The molecule has 1 spiro atoms. The Balaban J connectivity index is 0.00000144. The van der Waals surface area contributed by atoms with Crippen molar-refractivity contribution in [3.63, 3.8) is 0 Å². The van der Waals surface area contributed by atoms with Gasteiger partial charge in [0, 0.05) is 25.1 Å². The fourth-order valence-electron chi connectivity index (χ4n) is 4.28. The third-order valence-corrected chi connectivity index (χ3v) is 6.00. The van der Waals surface area contributed by atoms with Crippen molar-refractivity contribution in [3.8, 4) is 5.69 Å². The van der Waals surface area contributed by atoms with Crippen LogP contribution in [-0.2, 0) is 4.74 Å². The van der Waals surface area contributed by atoms with Gasteiger partial charge in [0.15, 0.2) is 0 Å². The third kappa shape index (κ3) is 4.97. The van der Waals surface area contributed by atoms with Crippen molar-refractivity contribution in [2.75, 3.05) is 23.3 Å². The van der Waals surface area contributed by atoms with Crippen molar-refractivity contribution >= 4 is 42.5 Å². The van der Waals surface area contributed by atoms with Gasteiger partial charge in [-0.05, 0) is 61.9 Å². The zero-order valence-electron chi connectivity index (χ0n) is 17.5. The summed E-state index contributed by atoms with van der Waals surface area (Å²) in [6, 6.07) is 11.4. The summed E-state index contributed by atoms with van der Waals surface area (Å²) in [5.74, 6) is 2.05. The number of carbonyl (C=O) groups is 1. The predicted molar refractivity (Wildman–Crippen MR) is 127 cm³/mol. The molecule has 4 heterocycles. The van der Waals surface area contributed by atoms with Crippen molar-refractivity contribution in [2.45, 2.75) is 31.3 Å². The summed E-state index contributed by atoms with van der Waals surface area (Å²) in [4.78, 5) is 22.8. The molecule has 0 bridgehead atoms. The number of pyridine rings is 2. The van der Waals surface area contributed by atoms with Crippen LogP contribution in [0.25, 0.3) is 5.69 Å². The van der Waals surface area contributed by atoms with E-state index in [0.717, 1.165) is 43.7 Å². The van der Waals surface area contributed by atoms with Gasteiger partial charge in [-0.1, -0.05) is 6.07 Å². The van der Waals surface area contributed by atoms with Crippen LogP contribution in [0.2, 0.25) is 0 Å². The number of nitrogens with zero attached hydrogens (tertiary/aromatic N) is 5. The minimum Gasteiger partial charge on any atom is -0.441 e. The molecule has 1 N–H and O–H groups in total. The van der Waals surface area contributed by atoms with Crippen LogP contribution in [0.4, 0.5) is 16.4 Å². The molecule has 2 aliphatic rings. The lowest BCUT2D eigenvalue weighted by Gasteiger charge is -2.35. The van der Waals surface area contributed by atoms with Crippen molar-refractivity contribution in [2.24, 2.45) is 5.92 Å². The van der Waals surface area contributed by atoms with Gasteiger partial charge in [-0.25, -0.2) is 19.4 Å². The summed E-state index contributed by atoms with van der Waals surface area (Å²) in [6.45, 7) is 1.45. The summed E-state index contributed by atoms with van der Waals surface area (Å²) in [7, 11) is 0. The van der Waals surface area contributed by atoms with E-state index in [-0.39, 0.29) is 36.5 Å². The monoisotopic (exact) mass is 476 g/mol. The molecular weight excluding hydrogens is 451 g/mol. The van der Waals surface area contributed by atoms with Crippen LogP contribution in [0.5, 0.6) is 0 Å². The van der Waals surface area contributed by atoms with Crippen molar-refractivity contribution in [1.82, 2.24) is 19.7 Å². The Morgan fingerprint density at radius 2 is 1.91 bits per heavy atom. The molecule has 1 aliphatic carbocycles. The highest BCUT2D eigenvalue weighted by atomic mass is 35.5. The topological polar surface area (TPSA) is 85.2 Å². The molecule has 2 fully saturated rings. The van der Waals surface area contributed by atoms with Crippen LogP contribution >= 0.6 is 24.8 Å². The Morgan fingerprint density at radius 3 is 2.56 bits per heavy atom. The van der Waals surface area contributed by atoms with Gasteiger partial charge in [0.2, 0.25) is 0 Å². The van der Waals surface area contributed by atoms with Gasteiger partial charge in [0.1, 0.15) is 17.2 Å². The molecule has 1 amide bonds. The van der Waals surface area contributed by atoms with Crippen LogP contribution < -0.4 is 10.2 Å². The van der Waals surface area contributed by atoms with Crippen LogP contribution in [0.1, 0.15) is 25.7 Å². The maximum absolute atomic E-state index is 12.4. The number of hydrogen-bond acceptors (Lipinski definition) is 6. The largest absolute Gasteiger partial charge is 0.441 e. The first-order valence-corrected chi connectivity index (χ1v) is 10.3. The maximum Gasteiger partial charge on any atom is 0.416 e. The SMILES string of the molecule is Cl.Cl.O=C1OC2(CCC(CNc3ccc(-n4cccn4)cn3)CC2)CN1c1ccccn1. The van der Waals surface area contributed by atoms with Crippen molar-refractivity contribution in [3.05, 3.63) is 61.2 Å². The van der Waals surface area contributed by atoms with Crippen molar-refractivity contribution < 1.29 is 9.53 Å². The van der Waals surface area contributed by atoms with Gasteiger partial charge in [-0.2, -0.15) is 5.10 Å². The van der Waals surface area contributed by atoms with E-state index in [9.17, 15) is 4.79 Å². The van der Waals surface area contributed by atoms with E-state index >= 15 is 0 Å². The van der Waals surface area contributed by atoms with Gasteiger partial charge in [-0.3, -0.25) is 4.90 Å². The van der Waals surface area contributed by atoms with Crippen LogP contribution in [0.15, 0.2) is 61.2 Å². The standard InChI is InChI=1S/C22H24N6O2.2ClH/c29-21-27(20-4-1-2-11-23-20)16-22(30-21)9-7-17(8-10-22)14-24-19-6-5-18(15-25-19)28-13-3-12-26-28;;/h1-6,11-13,15,17H,7-10,14,16H2,(H,24,25);2*1H. The van der Waals surface area contributed by atoms with E-state index in [2.05, 4.69) is 20.4 Å². The Morgan fingerprint density at radius 1 is 1.06 bits per heavy atom. The van der Waals surface area contributed by atoms with Crippen LogP contribution in [0.3, 0.4) is 0 Å². The fourth-order valence-corrected chi connectivity index (χ4v) is 4.28. The average Bonchev–Trinajstić information content (AvgIpc) is 3.43. The van der Waals surface area contributed by atoms with E-state index in [0.29, 0.717) is 18.3 Å². The van der Waals surface area contributed by atoms with Gasteiger partial charge < -0.3 is 10.1 Å². The molecule has 1 aliphatic heterocycles. The number of anilines is 2. The molecule has 10 heteroatoms. The highest BCUT2D eigenvalue weighted by Gasteiger charge is 2.47. The minimum absolute atomic E-state index is 0. The molecule has 0 aromatic carbocycles. The van der Waals surface area contributed by atoms with E-state index in [1.807, 2.05) is 48.8 Å². The highest BCUT2D eigenvalue weighted by Crippen LogP contribution is 2.40. The molecule has 0 atom stereocenters. The molecule has 1 saturated carbocycles. The quantitative estimate of drug-likeness (QED) is 0.583. The minimum atomic E-state index is -0.380. The van der Waals surface area contributed by atoms with Gasteiger partial charge in [0.05, 0.1) is 18.4 Å². The molecule has 0 radical (unpaired) electrons. The number of ether oxygens (including phenoxy) is 1. The van der Waals surface area contributed by atoms with E-state index in [1.165, 1.54) is 0 Å². The summed E-state index contributed by atoms with van der Waals surface area (Å²) >= 11 is 0. The van der Waals surface area contributed by atoms with Gasteiger partial charge in [-0.15, -0.1) is 24.8 Å². The highest BCUT2D eigenvalue weighted by molar-refractivity contribution is 5.89. The molecular formula is C22H26Cl2N6O2. The van der Waals surface area contributed by atoms with E-state index < -0.39 is 0 Å². The van der Waals surface area contributed by atoms with Crippen LogP contribution in [0, 0.1) is 5.92 Å². The summed E-state index contributed by atoms with van der Waals surface area (Å²) in [6.07, 6.45) is 10.7. The Bertz CT molecular complexity index is 993. The number of rotatable bonds is 5. The average molecular weight is 477 g/mol. The molecule has 5 rings (SSSR count). The fraction of sp³-hybridized carbons (Fsp3) is 0.364. The number of halogens is 2. The summed E-state index contributed by atoms with van der Waals surface area (Å²) < 4.78 is 7.61. The second-order valence-corrected chi connectivity index (χ2v) is 8.00. The van der Waals surface area contributed by atoms with Crippen molar-refractivity contribution in [1.29, 1.82) is 0 Å². The second-order valence-electron chi connectivity index (χ2n) is 8.00. The number of amides is 1. The molecule has 8 nitrogen and oxygen atoms in total. The maximum atomic E-state index is 12.4. The van der Waals surface area contributed by atoms with E-state index in [1.54, 1.807) is 22.0 Å². The zero-order valence-corrected chi connectivity index (χ0v) is 19.1. The Kier molecular flexibility index (Phi) is 7.58. The molecule has 3 aromatic rings.